The molecule has 7 heteroatoms. The Labute approximate surface area is 170 Å². The van der Waals surface area contributed by atoms with E-state index in [4.69, 9.17) is 10.2 Å². The molecule has 5 aromatic rings. The molecule has 1 amide bonds. The third-order valence-corrected chi connectivity index (χ3v) is 4.98. The van der Waals surface area contributed by atoms with Gasteiger partial charge in [0.1, 0.15) is 17.1 Å². The van der Waals surface area contributed by atoms with E-state index in [2.05, 4.69) is 15.0 Å². The topological polar surface area (TPSA) is 115 Å². The highest BCUT2D eigenvalue weighted by Gasteiger charge is 2.18. The van der Waals surface area contributed by atoms with Gasteiger partial charge in [0.05, 0.1) is 11.1 Å². The Bertz CT molecular complexity index is 1510. The Kier molecular flexibility index (Phi) is 3.96. The molecule has 0 fully saturated rings. The molecule has 0 radical (unpaired) electrons. The molecule has 0 aliphatic heterocycles. The van der Waals surface area contributed by atoms with Gasteiger partial charge in [-0.15, -0.1) is 0 Å². The molecule has 0 saturated heterocycles. The molecule has 4 aromatic heterocycles. The van der Waals surface area contributed by atoms with Crippen molar-refractivity contribution < 1.29 is 9.21 Å². The molecule has 7 nitrogen and oxygen atoms in total. The SMILES string of the molecule is Cc1ccc(-c2nc3[nH]c(=O)cc(C(N)=O)c3cc2-c2ccc3ncccc3c2)o1. The van der Waals surface area contributed by atoms with E-state index in [1.165, 1.54) is 6.07 Å². The van der Waals surface area contributed by atoms with Crippen LogP contribution in [-0.4, -0.2) is 20.9 Å². The molecule has 0 atom stereocenters. The van der Waals surface area contributed by atoms with Gasteiger partial charge in [0, 0.05) is 28.6 Å². The molecule has 146 valence electrons. The number of nitrogens with two attached hydrogens (primary N) is 1. The number of pyridine rings is 3. The zero-order valence-electron chi connectivity index (χ0n) is 16.0. The van der Waals surface area contributed by atoms with Gasteiger partial charge < -0.3 is 15.1 Å². The predicted molar refractivity (Wildman–Crippen MR) is 114 cm³/mol. The molecule has 1 aromatic carbocycles. The van der Waals surface area contributed by atoms with Gasteiger partial charge in [-0.25, -0.2) is 4.98 Å². The highest BCUT2D eigenvalue weighted by Crippen LogP contribution is 2.35. The number of aromatic amines is 1. The maximum atomic E-state index is 12.0. The standard InChI is InChI=1S/C23H16N4O3/c1-12-4-7-19(30-12)21-15(13-5-6-18-14(9-13)3-2-8-25-18)10-17-16(22(24)29)11-20(28)26-23(17)27-21/h2-11H,1H3,(H2,24,29)(H,26,27,28). The van der Waals surface area contributed by atoms with Crippen molar-refractivity contribution in [2.45, 2.75) is 6.92 Å². The first-order valence-corrected chi connectivity index (χ1v) is 9.29. The van der Waals surface area contributed by atoms with Crippen LogP contribution in [0.25, 0.3) is 44.5 Å². The fraction of sp³-hybridized carbons (Fsp3) is 0.0435. The second-order valence-electron chi connectivity index (χ2n) is 7.01. The molecule has 4 heterocycles. The highest BCUT2D eigenvalue weighted by molar-refractivity contribution is 6.06. The number of H-pyrrole nitrogens is 1. The van der Waals surface area contributed by atoms with E-state index in [1.807, 2.05) is 55.5 Å². The minimum atomic E-state index is -0.692. The molecule has 30 heavy (non-hydrogen) atoms. The van der Waals surface area contributed by atoms with E-state index >= 15 is 0 Å². The smallest absolute Gasteiger partial charge is 0.250 e. The van der Waals surface area contributed by atoms with Gasteiger partial charge in [0.25, 0.3) is 0 Å². The van der Waals surface area contributed by atoms with Crippen molar-refractivity contribution in [2.75, 3.05) is 0 Å². The van der Waals surface area contributed by atoms with E-state index in [0.717, 1.165) is 27.8 Å². The van der Waals surface area contributed by atoms with Crippen LogP contribution in [0.1, 0.15) is 16.1 Å². The summed E-state index contributed by atoms with van der Waals surface area (Å²) in [4.78, 5) is 35.7. The number of rotatable bonds is 3. The summed E-state index contributed by atoms with van der Waals surface area (Å²) in [6.07, 6.45) is 1.74. The lowest BCUT2D eigenvalue weighted by atomic mass is 9.98. The average Bonchev–Trinajstić information content (AvgIpc) is 3.18. The average molecular weight is 396 g/mol. The van der Waals surface area contributed by atoms with Gasteiger partial charge in [-0.3, -0.25) is 14.6 Å². The lowest BCUT2D eigenvalue weighted by molar-refractivity contribution is 0.100. The zero-order chi connectivity index (χ0) is 20.8. The van der Waals surface area contributed by atoms with E-state index in [1.54, 1.807) is 6.20 Å². The number of hydrogen-bond donors (Lipinski definition) is 2. The van der Waals surface area contributed by atoms with Crippen molar-refractivity contribution in [2.24, 2.45) is 5.73 Å². The summed E-state index contributed by atoms with van der Waals surface area (Å²) >= 11 is 0. The number of primary amides is 1. The summed E-state index contributed by atoms with van der Waals surface area (Å²) in [5.74, 6) is 0.601. The van der Waals surface area contributed by atoms with Crippen LogP contribution in [0.5, 0.6) is 0 Å². The second kappa shape index (κ2) is 6.66. The Morgan fingerprint density at radius 3 is 2.73 bits per heavy atom. The van der Waals surface area contributed by atoms with Crippen molar-refractivity contribution in [3.63, 3.8) is 0 Å². The number of nitrogens with one attached hydrogen (secondary N) is 1. The molecule has 3 N–H and O–H groups in total. The van der Waals surface area contributed by atoms with Gasteiger partial charge in [-0.05, 0) is 48.9 Å². The number of benzene rings is 1. The monoisotopic (exact) mass is 396 g/mol. The minimum absolute atomic E-state index is 0.118. The summed E-state index contributed by atoms with van der Waals surface area (Å²) in [6.45, 7) is 1.85. The van der Waals surface area contributed by atoms with Crippen LogP contribution in [0, 0.1) is 6.92 Å². The third kappa shape index (κ3) is 2.93. The fourth-order valence-electron chi connectivity index (χ4n) is 3.59. The molecule has 0 spiro atoms. The number of fused-ring (bicyclic) bond motifs is 2. The Hall–Kier alpha value is -4.26. The number of hydrogen-bond acceptors (Lipinski definition) is 5. The van der Waals surface area contributed by atoms with Crippen LogP contribution in [0.4, 0.5) is 0 Å². The largest absolute Gasteiger partial charge is 0.460 e. The first-order chi connectivity index (χ1) is 14.5. The maximum absolute atomic E-state index is 12.0. The van der Waals surface area contributed by atoms with Crippen molar-refractivity contribution in [1.82, 2.24) is 15.0 Å². The number of furan rings is 1. The Morgan fingerprint density at radius 2 is 1.97 bits per heavy atom. The van der Waals surface area contributed by atoms with E-state index in [9.17, 15) is 9.59 Å². The first-order valence-electron chi connectivity index (χ1n) is 9.29. The van der Waals surface area contributed by atoms with Gasteiger partial charge >= 0.3 is 0 Å². The van der Waals surface area contributed by atoms with Crippen LogP contribution < -0.4 is 11.3 Å². The summed E-state index contributed by atoms with van der Waals surface area (Å²) in [5.41, 5.74) is 8.49. The van der Waals surface area contributed by atoms with Gasteiger partial charge in [0.2, 0.25) is 11.5 Å². The van der Waals surface area contributed by atoms with Crippen molar-refractivity contribution in [1.29, 1.82) is 0 Å². The number of aryl methyl sites for hydroxylation is 1. The minimum Gasteiger partial charge on any atom is -0.460 e. The van der Waals surface area contributed by atoms with Crippen LogP contribution in [0.3, 0.4) is 0 Å². The summed E-state index contributed by atoms with van der Waals surface area (Å²) < 4.78 is 5.82. The Morgan fingerprint density at radius 1 is 1.10 bits per heavy atom. The zero-order valence-corrected chi connectivity index (χ0v) is 16.0. The molecule has 0 bridgehead atoms. The van der Waals surface area contributed by atoms with Crippen LogP contribution in [0.2, 0.25) is 0 Å². The van der Waals surface area contributed by atoms with Crippen molar-refractivity contribution in [3.05, 3.63) is 82.5 Å². The van der Waals surface area contributed by atoms with Crippen LogP contribution in [-0.2, 0) is 0 Å². The second-order valence-corrected chi connectivity index (χ2v) is 7.01. The molecule has 0 aliphatic carbocycles. The third-order valence-electron chi connectivity index (χ3n) is 4.98. The van der Waals surface area contributed by atoms with Crippen LogP contribution >= 0.6 is 0 Å². The summed E-state index contributed by atoms with van der Waals surface area (Å²) in [5, 5.41) is 1.43. The van der Waals surface area contributed by atoms with Gasteiger partial charge in [-0.1, -0.05) is 12.1 Å². The number of carbonyl (C=O) groups excluding carboxylic acids is 1. The van der Waals surface area contributed by atoms with E-state index in [-0.39, 0.29) is 11.2 Å². The summed E-state index contributed by atoms with van der Waals surface area (Å²) in [6, 6.07) is 16.4. The molecule has 0 saturated carbocycles. The lowest BCUT2D eigenvalue weighted by Gasteiger charge is -2.12. The molecule has 0 unspecified atom stereocenters. The van der Waals surface area contributed by atoms with Crippen LogP contribution in [0.15, 0.2) is 70.0 Å². The number of amides is 1. The molecule has 5 rings (SSSR count). The molecular formula is C23H16N4O3. The summed E-state index contributed by atoms with van der Waals surface area (Å²) in [7, 11) is 0. The normalized spacial score (nSPS) is 11.2. The number of nitrogens with zero attached hydrogens (tertiary/aromatic N) is 2. The van der Waals surface area contributed by atoms with E-state index in [0.29, 0.717) is 16.8 Å². The lowest BCUT2D eigenvalue weighted by Crippen LogP contribution is -2.17. The number of carbonyl (C=O) groups is 1. The quantitative estimate of drug-likeness (QED) is 0.481. The molecule has 0 aliphatic rings. The number of aromatic nitrogens is 3. The van der Waals surface area contributed by atoms with E-state index < -0.39 is 11.5 Å². The van der Waals surface area contributed by atoms with Gasteiger partial charge in [-0.2, -0.15) is 0 Å². The first kappa shape index (κ1) is 17.8. The maximum Gasteiger partial charge on any atom is 0.250 e. The van der Waals surface area contributed by atoms with Gasteiger partial charge in [0.15, 0.2) is 5.76 Å². The Balaban J connectivity index is 1.87. The fourth-order valence-corrected chi connectivity index (χ4v) is 3.59. The predicted octanol–water partition coefficient (Wildman–Crippen LogP) is 3.81. The highest BCUT2D eigenvalue weighted by atomic mass is 16.3. The van der Waals surface area contributed by atoms with Crippen molar-refractivity contribution in [3.8, 4) is 22.6 Å². The van der Waals surface area contributed by atoms with Crippen molar-refractivity contribution >= 4 is 27.8 Å². The molecular weight excluding hydrogens is 380 g/mol.